The van der Waals surface area contributed by atoms with E-state index >= 15 is 0 Å². The van der Waals surface area contributed by atoms with Crippen LogP contribution in [0.3, 0.4) is 0 Å². The average molecular weight is 386 g/mol. The number of piperidine rings is 1. The zero-order valence-corrected chi connectivity index (χ0v) is 15.1. The molecular formula is C20H20F2N4O2. The zero-order chi connectivity index (χ0) is 19.7. The molecule has 8 heteroatoms. The molecule has 1 saturated heterocycles. The standard InChI is InChI=1S/C20H20F2N4O2/c21-19(22)17-9-18(27)26(12-24-17)11-13-5-7-25(8-6-13)20(28)15-10-23-16-4-2-1-3-14(15)16/h1-4,9-10,12-13,19,23H,5-8,11H2. The van der Waals surface area contributed by atoms with Gasteiger partial charge in [0.25, 0.3) is 17.9 Å². The van der Waals surface area contributed by atoms with Crippen LogP contribution >= 0.6 is 0 Å². The maximum Gasteiger partial charge on any atom is 0.280 e. The van der Waals surface area contributed by atoms with Gasteiger partial charge >= 0.3 is 0 Å². The number of carbonyl (C=O) groups is 1. The molecule has 146 valence electrons. The maximum absolute atomic E-state index is 12.9. The molecule has 0 bridgehead atoms. The van der Waals surface area contributed by atoms with Crippen LogP contribution in [0.15, 0.2) is 47.7 Å². The first-order valence-corrected chi connectivity index (χ1v) is 9.23. The van der Waals surface area contributed by atoms with Gasteiger partial charge in [-0.1, -0.05) is 18.2 Å². The molecule has 0 spiro atoms. The van der Waals surface area contributed by atoms with Gasteiger partial charge < -0.3 is 9.88 Å². The Labute approximate surface area is 159 Å². The SMILES string of the molecule is O=C(c1c[nH]c2ccccc12)N1CCC(Cn2cnc(C(F)F)cc2=O)CC1. The van der Waals surface area contributed by atoms with Gasteiger partial charge in [0.1, 0.15) is 5.69 Å². The van der Waals surface area contributed by atoms with E-state index in [1.165, 1.54) is 10.9 Å². The van der Waals surface area contributed by atoms with Gasteiger partial charge in [0, 0.05) is 42.8 Å². The second-order valence-corrected chi connectivity index (χ2v) is 7.09. The van der Waals surface area contributed by atoms with Crippen LogP contribution in [0, 0.1) is 5.92 Å². The number of benzene rings is 1. The number of halogens is 2. The smallest absolute Gasteiger partial charge is 0.280 e. The summed E-state index contributed by atoms with van der Waals surface area (Å²) in [7, 11) is 0. The first-order valence-electron chi connectivity index (χ1n) is 9.23. The summed E-state index contributed by atoms with van der Waals surface area (Å²) in [6, 6.07) is 8.57. The molecule has 28 heavy (non-hydrogen) atoms. The largest absolute Gasteiger partial charge is 0.360 e. The molecule has 1 aliphatic rings. The summed E-state index contributed by atoms with van der Waals surface area (Å²) in [6.07, 6.45) is 1.68. The Kier molecular flexibility index (Phi) is 4.93. The van der Waals surface area contributed by atoms with Crippen molar-refractivity contribution in [1.29, 1.82) is 0 Å². The molecule has 6 nitrogen and oxygen atoms in total. The monoisotopic (exact) mass is 386 g/mol. The molecule has 1 aromatic carbocycles. The summed E-state index contributed by atoms with van der Waals surface area (Å²) >= 11 is 0. The normalized spacial score (nSPS) is 15.5. The Hall–Kier alpha value is -3.03. The van der Waals surface area contributed by atoms with Crippen LogP contribution in [0.25, 0.3) is 10.9 Å². The third kappa shape index (κ3) is 3.54. The van der Waals surface area contributed by atoms with Gasteiger partial charge in [-0.3, -0.25) is 14.2 Å². The number of hydrogen-bond acceptors (Lipinski definition) is 3. The van der Waals surface area contributed by atoms with Crippen LogP contribution in [0.4, 0.5) is 8.78 Å². The van der Waals surface area contributed by atoms with E-state index in [4.69, 9.17) is 0 Å². The van der Waals surface area contributed by atoms with E-state index in [1.807, 2.05) is 29.2 Å². The van der Waals surface area contributed by atoms with Crippen molar-refractivity contribution in [2.75, 3.05) is 13.1 Å². The van der Waals surface area contributed by atoms with E-state index in [-0.39, 0.29) is 11.8 Å². The number of nitrogens with one attached hydrogen (secondary N) is 1. The molecule has 1 fully saturated rings. The van der Waals surface area contributed by atoms with E-state index in [2.05, 4.69) is 9.97 Å². The number of para-hydroxylation sites is 1. The minimum absolute atomic E-state index is 0.00369. The molecule has 0 atom stereocenters. The second-order valence-electron chi connectivity index (χ2n) is 7.09. The van der Waals surface area contributed by atoms with E-state index in [9.17, 15) is 18.4 Å². The van der Waals surface area contributed by atoms with Crippen molar-refractivity contribution in [3.8, 4) is 0 Å². The van der Waals surface area contributed by atoms with Crippen LogP contribution in [0.2, 0.25) is 0 Å². The second kappa shape index (κ2) is 7.53. The Morgan fingerprint density at radius 3 is 2.71 bits per heavy atom. The van der Waals surface area contributed by atoms with Crippen molar-refractivity contribution < 1.29 is 13.6 Å². The molecular weight excluding hydrogens is 366 g/mol. The van der Waals surface area contributed by atoms with Crippen molar-refractivity contribution in [1.82, 2.24) is 19.4 Å². The quantitative estimate of drug-likeness (QED) is 0.749. The predicted molar refractivity (Wildman–Crippen MR) is 100 cm³/mol. The van der Waals surface area contributed by atoms with Crippen molar-refractivity contribution in [2.24, 2.45) is 5.92 Å². The lowest BCUT2D eigenvalue weighted by atomic mass is 9.96. The first kappa shape index (κ1) is 18.3. The van der Waals surface area contributed by atoms with Gasteiger partial charge in [-0.05, 0) is 24.8 Å². The Balaban J connectivity index is 1.39. The Bertz CT molecular complexity index is 1050. The van der Waals surface area contributed by atoms with Gasteiger partial charge in [-0.2, -0.15) is 0 Å². The van der Waals surface area contributed by atoms with E-state index in [1.54, 1.807) is 6.20 Å². The highest BCUT2D eigenvalue weighted by Crippen LogP contribution is 2.24. The number of aromatic nitrogens is 3. The number of likely N-dealkylation sites (tertiary alicyclic amines) is 1. The summed E-state index contributed by atoms with van der Waals surface area (Å²) < 4.78 is 26.6. The fraction of sp³-hybridized carbons (Fsp3) is 0.350. The number of H-pyrrole nitrogens is 1. The number of carbonyl (C=O) groups excluding carboxylic acids is 1. The maximum atomic E-state index is 12.9. The zero-order valence-electron chi connectivity index (χ0n) is 15.1. The van der Waals surface area contributed by atoms with Crippen molar-refractivity contribution in [3.05, 3.63) is 64.5 Å². The van der Waals surface area contributed by atoms with Crippen molar-refractivity contribution in [2.45, 2.75) is 25.8 Å². The molecule has 1 amide bonds. The topological polar surface area (TPSA) is 71.0 Å². The van der Waals surface area contributed by atoms with Crippen LogP contribution in [-0.4, -0.2) is 38.4 Å². The average Bonchev–Trinajstić information content (AvgIpc) is 3.13. The minimum Gasteiger partial charge on any atom is -0.360 e. The Morgan fingerprint density at radius 2 is 2.00 bits per heavy atom. The molecule has 3 heterocycles. The fourth-order valence-corrected chi connectivity index (χ4v) is 3.71. The van der Waals surface area contributed by atoms with Crippen molar-refractivity contribution >= 4 is 16.8 Å². The molecule has 3 aromatic rings. The number of aromatic amines is 1. The number of hydrogen-bond donors (Lipinski definition) is 1. The molecule has 0 radical (unpaired) electrons. The lowest BCUT2D eigenvalue weighted by Gasteiger charge is -2.32. The number of fused-ring (bicyclic) bond motifs is 1. The molecule has 1 N–H and O–H groups in total. The number of rotatable bonds is 4. The highest BCUT2D eigenvalue weighted by atomic mass is 19.3. The molecule has 1 aliphatic heterocycles. The van der Waals surface area contributed by atoms with Crippen molar-refractivity contribution in [3.63, 3.8) is 0 Å². The summed E-state index contributed by atoms with van der Waals surface area (Å²) in [5.41, 5.74) is 0.625. The molecule has 2 aromatic heterocycles. The highest BCUT2D eigenvalue weighted by molar-refractivity contribution is 6.06. The number of amides is 1. The predicted octanol–water partition coefficient (Wildman–Crippen LogP) is 3.21. The van der Waals surface area contributed by atoms with Gasteiger partial charge in [0.15, 0.2) is 0 Å². The summed E-state index contributed by atoms with van der Waals surface area (Å²) in [6.45, 7) is 1.62. The molecule has 0 saturated carbocycles. The summed E-state index contributed by atoms with van der Waals surface area (Å²) in [4.78, 5) is 33.5. The summed E-state index contributed by atoms with van der Waals surface area (Å²) in [5, 5.41) is 0.909. The molecule has 0 aliphatic carbocycles. The van der Waals surface area contributed by atoms with Crippen LogP contribution in [0.1, 0.15) is 35.3 Å². The van der Waals surface area contributed by atoms with E-state index in [0.29, 0.717) is 25.2 Å². The number of alkyl halides is 2. The van der Waals surface area contributed by atoms with E-state index in [0.717, 1.165) is 29.8 Å². The van der Waals surface area contributed by atoms with Crippen LogP contribution in [-0.2, 0) is 6.54 Å². The molecule has 0 unspecified atom stereocenters. The van der Waals surface area contributed by atoms with E-state index < -0.39 is 17.7 Å². The third-order valence-electron chi connectivity index (χ3n) is 5.30. The fourth-order valence-electron chi connectivity index (χ4n) is 3.71. The van der Waals surface area contributed by atoms with Gasteiger partial charge in [-0.15, -0.1) is 0 Å². The lowest BCUT2D eigenvalue weighted by Crippen LogP contribution is -2.40. The van der Waals surface area contributed by atoms with Gasteiger partial charge in [0.2, 0.25) is 0 Å². The Morgan fingerprint density at radius 1 is 1.25 bits per heavy atom. The van der Waals surface area contributed by atoms with Crippen LogP contribution in [0.5, 0.6) is 0 Å². The highest BCUT2D eigenvalue weighted by Gasteiger charge is 2.25. The molecule has 4 rings (SSSR count). The third-order valence-corrected chi connectivity index (χ3v) is 5.30. The van der Waals surface area contributed by atoms with Crippen LogP contribution < -0.4 is 5.56 Å². The van der Waals surface area contributed by atoms with Gasteiger partial charge in [0.05, 0.1) is 11.9 Å². The van der Waals surface area contributed by atoms with Gasteiger partial charge in [-0.25, -0.2) is 13.8 Å². The lowest BCUT2D eigenvalue weighted by molar-refractivity contribution is 0.0684. The summed E-state index contributed by atoms with van der Waals surface area (Å²) in [5.74, 6) is 0.194. The first-order chi connectivity index (χ1) is 13.5. The number of nitrogens with zero attached hydrogens (tertiary/aromatic N) is 3. The minimum atomic E-state index is -2.75.